The van der Waals surface area contributed by atoms with Gasteiger partial charge in [0.25, 0.3) is 0 Å². The van der Waals surface area contributed by atoms with Gasteiger partial charge in [0.2, 0.25) is 0 Å². The van der Waals surface area contributed by atoms with Gasteiger partial charge in [0.05, 0.1) is 0 Å². The van der Waals surface area contributed by atoms with Crippen LogP contribution in [0.15, 0.2) is 0 Å². The molecule has 1 N–H and O–H groups in total. The van der Waals surface area contributed by atoms with Crippen molar-refractivity contribution in [3.8, 4) is 0 Å². The van der Waals surface area contributed by atoms with Crippen LogP contribution in [0.2, 0.25) is 0 Å². The largest absolute Gasteiger partial charge is 0.396 e. The van der Waals surface area contributed by atoms with Crippen molar-refractivity contribution < 1.29 is 5.11 Å². The summed E-state index contributed by atoms with van der Waals surface area (Å²) < 4.78 is 2.30. The minimum atomic E-state index is 0.290. The van der Waals surface area contributed by atoms with Crippen LogP contribution in [0.1, 0.15) is 56.6 Å². The Balaban J connectivity index is 1.79. The molecular weight excluding hydrogens is 226 g/mol. The minimum absolute atomic E-state index is 0.290. The van der Waals surface area contributed by atoms with Gasteiger partial charge in [-0.05, 0) is 25.2 Å². The molecule has 1 fully saturated rings. The van der Waals surface area contributed by atoms with Crippen LogP contribution in [-0.4, -0.2) is 26.5 Å². The SMILES string of the molecule is CC1CCC(c2nnc3n2CC(CO)CC3)CC1. The van der Waals surface area contributed by atoms with E-state index in [1.807, 2.05) is 0 Å². The first-order valence-corrected chi connectivity index (χ1v) is 7.30. The maximum atomic E-state index is 9.34. The molecule has 0 saturated heterocycles. The lowest BCUT2D eigenvalue weighted by Gasteiger charge is -2.28. The number of rotatable bonds is 2. The summed E-state index contributed by atoms with van der Waals surface area (Å²) in [5.74, 6) is 4.19. The fourth-order valence-electron chi connectivity index (χ4n) is 3.39. The van der Waals surface area contributed by atoms with E-state index in [0.717, 1.165) is 31.1 Å². The smallest absolute Gasteiger partial charge is 0.136 e. The molecular formula is C14H23N3O. The molecule has 2 aliphatic rings. The number of aliphatic hydroxyl groups excluding tert-OH is 1. The van der Waals surface area contributed by atoms with Crippen molar-refractivity contribution in [2.75, 3.05) is 6.61 Å². The summed E-state index contributed by atoms with van der Waals surface area (Å²) in [5, 5.41) is 18.1. The van der Waals surface area contributed by atoms with E-state index in [1.165, 1.54) is 31.5 Å². The lowest BCUT2D eigenvalue weighted by molar-refractivity contribution is 0.187. The Bertz CT molecular complexity index is 407. The second kappa shape index (κ2) is 5.00. The van der Waals surface area contributed by atoms with E-state index >= 15 is 0 Å². The molecule has 4 heteroatoms. The van der Waals surface area contributed by atoms with Crippen LogP contribution in [0.25, 0.3) is 0 Å². The summed E-state index contributed by atoms with van der Waals surface area (Å²) in [6.45, 7) is 3.55. The van der Waals surface area contributed by atoms with E-state index in [0.29, 0.717) is 18.4 Å². The molecule has 1 aromatic rings. The summed E-state index contributed by atoms with van der Waals surface area (Å²) in [4.78, 5) is 0. The molecule has 1 aliphatic heterocycles. The van der Waals surface area contributed by atoms with Crippen molar-refractivity contribution in [2.24, 2.45) is 11.8 Å². The number of hydrogen-bond acceptors (Lipinski definition) is 3. The Morgan fingerprint density at radius 1 is 1.17 bits per heavy atom. The van der Waals surface area contributed by atoms with Gasteiger partial charge in [0, 0.05) is 31.4 Å². The quantitative estimate of drug-likeness (QED) is 0.873. The molecule has 100 valence electrons. The monoisotopic (exact) mass is 249 g/mol. The molecule has 1 saturated carbocycles. The molecule has 4 nitrogen and oxygen atoms in total. The number of aliphatic hydroxyl groups is 1. The number of nitrogens with zero attached hydrogens (tertiary/aromatic N) is 3. The lowest BCUT2D eigenvalue weighted by atomic mass is 9.82. The lowest BCUT2D eigenvalue weighted by Crippen LogP contribution is -2.26. The highest BCUT2D eigenvalue weighted by molar-refractivity contribution is 5.06. The Hall–Kier alpha value is -0.900. The topological polar surface area (TPSA) is 50.9 Å². The van der Waals surface area contributed by atoms with E-state index in [1.54, 1.807) is 0 Å². The molecule has 18 heavy (non-hydrogen) atoms. The first-order valence-electron chi connectivity index (χ1n) is 7.30. The average Bonchev–Trinajstić information content (AvgIpc) is 2.82. The molecule has 1 aliphatic carbocycles. The predicted molar refractivity (Wildman–Crippen MR) is 69.3 cm³/mol. The molecule has 1 unspecified atom stereocenters. The first-order chi connectivity index (χ1) is 8.78. The molecule has 0 aromatic carbocycles. The summed E-state index contributed by atoms with van der Waals surface area (Å²) in [5.41, 5.74) is 0. The van der Waals surface area contributed by atoms with Gasteiger partial charge in [-0.3, -0.25) is 0 Å². The number of aryl methyl sites for hydroxylation is 1. The maximum absolute atomic E-state index is 9.34. The van der Waals surface area contributed by atoms with Crippen molar-refractivity contribution in [2.45, 2.75) is 57.9 Å². The van der Waals surface area contributed by atoms with Crippen LogP contribution >= 0.6 is 0 Å². The molecule has 0 bridgehead atoms. The maximum Gasteiger partial charge on any atom is 0.136 e. The van der Waals surface area contributed by atoms with Crippen molar-refractivity contribution in [3.05, 3.63) is 11.6 Å². The van der Waals surface area contributed by atoms with Gasteiger partial charge >= 0.3 is 0 Å². The van der Waals surface area contributed by atoms with Crippen molar-refractivity contribution in [1.29, 1.82) is 0 Å². The van der Waals surface area contributed by atoms with Crippen LogP contribution in [0, 0.1) is 11.8 Å². The zero-order valence-electron chi connectivity index (χ0n) is 11.2. The zero-order chi connectivity index (χ0) is 12.5. The number of hydrogen-bond donors (Lipinski definition) is 1. The number of aromatic nitrogens is 3. The summed E-state index contributed by atoms with van der Waals surface area (Å²) in [6.07, 6.45) is 7.16. The second-order valence-electron chi connectivity index (χ2n) is 6.13. The Morgan fingerprint density at radius 3 is 2.67 bits per heavy atom. The molecule has 1 aromatic heterocycles. The Kier molecular flexibility index (Phi) is 3.37. The molecule has 2 heterocycles. The van der Waals surface area contributed by atoms with Gasteiger partial charge in [-0.2, -0.15) is 0 Å². The van der Waals surface area contributed by atoms with Gasteiger partial charge in [0.15, 0.2) is 0 Å². The third kappa shape index (κ3) is 2.18. The van der Waals surface area contributed by atoms with E-state index in [2.05, 4.69) is 21.7 Å². The second-order valence-corrected chi connectivity index (χ2v) is 6.13. The van der Waals surface area contributed by atoms with E-state index in [9.17, 15) is 5.11 Å². The van der Waals surface area contributed by atoms with Gasteiger partial charge in [0.1, 0.15) is 11.6 Å². The first kappa shape index (κ1) is 12.2. The zero-order valence-corrected chi connectivity index (χ0v) is 11.2. The van der Waals surface area contributed by atoms with Gasteiger partial charge in [-0.1, -0.05) is 19.8 Å². The highest BCUT2D eigenvalue weighted by atomic mass is 16.3. The standard InChI is InChI=1S/C14H23N3O/c1-10-2-5-12(6-3-10)14-16-15-13-7-4-11(9-18)8-17(13)14/h10-12,18H,2-9H2,1H3. The van der Waals surface area contributed by atoms with Crippen molar-refractivity contribution in [3.63, 3.8) is 0 Å². The Labute approximate surface area is 108 Å². The van der Waals surface area contributed by atoms with E-state index in [-0.39, 0.29) is 0 Å². The van der Waals surface area contributed by atoms with Gasteiger partial charge in [-0.15, -0.1) is 10.2 Å². The van der Waals surface area contributed by atoms with Gasteiger partial charge < -0.3 is 9.67 Å². The fourth-order valence-corrected chi connectivity index (χ4v) is 3.39. The predicted octanol–water partition coefficient (Wildman–Crippen LogP) is 2.13. The average molecular weight is 249 g/mol. The van der Waals surface area contributed by atoms with Crippen molar-refractivity contribution >= 4 is 0 Å². The highest BCUT2D eigenvalue weighted by Gasteiger charge is 2.28. The highest BCUT2D eigenvalue weighted by Crippen LogP contribution is 2.36. The third-order valence-electron chi connectivity index (χ3n) is 4.71. The summed E-state index contributed by atoms with van der Waals surface area (Å²) >= 11 is 0. The van der Waals surface area contributed by atoms with Gasteiger partial charge in [-0.25, -0.2) is 0 Å². The molecule has 1 atom stereocenters. The fraction of sp³-hybridized carbons (Fsp3) is 0.857. The third-order valence-corrected chi connectivity index (χ3v) is 4.71. The summed E-state index contributed by atoms with van der Waals surface area (Å²) in [6, 6.07) is 0. The minimum Gasteiger partial charge on any atom is -0.396 e. The number of fused-ring (bicyclic) bond motifs is 1. The Morgan fingerprint density at radius 2 is 1.94 bits per heavy atom. The normalized spacial score (nSPS) is 32.2. The van der Waals surface area contributed by atoms with E-state index < -0.39 is 0 Å². The van der Waals surface area contributed by atoms with Crippen LogP contribution in [0.4, 0.5) is 0 Å². The van der Waals surface area contributed by atoms with Crippen LogP contribution < -0.4 is 0 Å². The molecule has 0 amide bonds. The summed E-state index contributed by atoms with van der Waals surface area (Å²) in [7, 11) is 0. The van der Waals surface area contributed by atoms with Crippen LogP contribution in [-0.2, 0) is 13.0 Å². The van der Waals surface area contributed by atoms with Crippen LogP contribution in [0.5, 0.6) is 0 Å². The molecule has 0 spiro atoms. The van der Waals surface area contributed by atoms with E-state index in [4.69, 9.17) is 0 Å². The van der Waals surface area contributed by atoms with Crippen LogP contribution in [0.3, 0.4) is 0 Å². The van der Waals surface area contributed by atoms with Crippen molar-refractivity contribution in [1.82, 2.24) is 14.8 Å². The molecule has 0 radical (unpaired) electrons. The molecule has 3 rings (SSSR count).